The number of unbranched alkanes of at least 4 members (excludes halogenated alkanes) is 4. The van der Waals surface area contributed by atoms with Gasteiger partial charge in [-0.2, -0.15) is 0 Å². The van der Waals surface area contributed by atoms with E-state index in [1.807, 2.05) is 11.5 Å². The zero-order chi connectivity index (χ0) is 14.8. The number of rotatable bonds is 9. The van der Waals surface area contributed by atoms with Crippen LogP contribution in [0.3, 0.4) is 0 Å². The van der Waals surface area contributed by atoms with E-state index < -0.39 is 0 Å². The zero-order valence-corrected chi connectivity index (χ0v) is 13.2. The van der Waals surface area contributed by atoms with Crippen LogP contribution in [0.5, 0.6) is 0 Å². The molecular weight excluding hydrogens is 272 g/mol. The SMILES string of the molecule is CCCCC/C=C(\C(=O)OCCCC)c1csc(N)n1. The highest BCUT2D eigenvalue weighted by Crippen LogP contribution is 2.22. The second kappa shape index (κ2) is 9.53. The van der Waals surface area contributed by atoms with Gasteiger partial charge in [0.25, 0.3) is 0 Å². The summed E-state index contributed by atoms with van der Waals surface area (Å²) in [5, 5.41) is 2.28. The van der Waals surface area contributed by atoms with E-state index in [1.54, 1.807) is 0 Å². The maximum atomic E-state index is 12.1. The molecular formula is C15H24N2O2S. The van der Waals surface area contributed by atoms with Crippen LogP contribution in [0.15, 0.2) is 11.5 Å². The summed E-state index contributed by atoms with van der Waals surface area (Å²) >= 11 is 1.34. The number of carbonyl (C=O) groups excluding carboxylic acids is 1. The number of allylic oxidation sites excluding steroid dienone is 1. The lowest BCUT2D eigenvalue weighted by molar-refractivity contribution is -0.136. The van der Waals surface area contributed by atoms with Crippen molar-refractivity contribution in [2.75, 3.05) is 12.3 Å². The lowest BCUT2D eigenvalue weighted by atomic mass is 10.1. The number of aromatic nitrogens is 1. The highest BCUT2D eigenvalue weighted by Gasteiger charge is 2.16. The first kappa shape index (κ1) is 16.7. The van der Waals surface area contributed by atoms with Crippen molar-refractivity contribution in [2.45, 2.75) is 52.4 Å². The number of anilines is 1. The maximum Gasteiger partial charge on any atom is 0.340 e. The van der Waals surface area contributed by atoms with Gasteiger partial charge in [-0.1, -0.05) is 39.2 Å². The Balaban J connectivity index is 2.70. The van der Waals surface area contributed by atoms with Gasteiger partial charge in [-0.05, 0) is 19.3 Å². The van der Waals surface area contributed by atoms with E-state index in [-0.39, 0.29) is 5.97 Å². The van der Waals surface area contributed by atoms with Crippen molar-refractivity contribution in [3.8, 4) is 0 Å². The molecule has 0 aliphatic heterocycles. The zero-order valence-electron chi connectivity index (χ0n) is 12.4. The van der Waals surface area contributed by atoms with Gasteiger partial charge in [-0.15, -0.1) is 11.3 Å². The van der Waals surface area contributed by atoms with Crippen LogP contribution in [0.2, 0.25) is 0 Å². The van der Waals surface area contributed by atoms with Crippen LogP contribution in [0.1, 0.15) is 58.1 Å². The van der Waals surface area contributed by atoms with Crippen LogP contribution in [0.4, 0.5) is 5.13 Å². The number of hydrogen-bond donors (Lipinski definition) is 1. The fraction of sp³-hybridized carbons (Fsp3) is 0.600. The molecule has 0 saturated heterocycles. The van der Waals surface area contributed by atoms with Crippen molar-refractivity contribution in [2.24, 2.45) is 0 Å². The van der Waals surface area contributed by atoms with E-state index in [2.05, 4.69) is 18.8 Å². The minimum atomic E-state index is -0.291. The van der Waals surface area contributed by atoms with Crippen molar-refractivity contribution >= 4 is 28.0 Å². The smallest absolute Gasteiger partial charge is 0.340 e. The summed E-state index contributed by atoms with van der Waals surface area (Å²) in [6.45, 7) is 4.68. The Kier molecular flexibility index (Phi) is 7.95. The molecule has 0 aliphatic rings. The van der Waals surface area contributed by atoms with Crippen molar-refractivity contribution in [1.82, 2.24) is 4.98 Å². The Hall–Kier alpha value is -1.36. The number of nitrogens with zero attached hydrogens (tertiary/aromatic N) is 1. The molecule has 1 aromatic heterocycles. The molecule has 112 valence electrons. The topological polar surface area (TPSA) is 65.2 Å². The summed E-state index contributed by atoms with van der Waals surface area (Å²) < 4.78 is 5.28. The van der Waals surface area contributed by atoms with Gasteiger partial charge in [0.05, 0.1) is 17.9 Å². The first-order valence-corrected chi connectivity index (χ1v) is 8.15. The number of esters is 1. The molecule has 1 aromatic rings. The molecule has 0 unspecified atom stereocenters. The predicted octanol–water partition coefficient (Wildman–Crippen LogP) is 4.03. The summed E-state index contributed by atoms with van der Waals surface area (Å²) in [6.07, 6.45) is 8.08. The minimum Gasteiger partial charge on any atom is -0.462 e. The highest BCUT2D eigenvalue weighted by molar-refractivity contribution is 7.13. The quantitative estimate of drug-likeness (QED) is 0.424. The molecule has 2 N–H and O–H groups in total. The Morgan fingerprint density at radius 1 is 1.35 bits per heavy atom. The molecule has 0 aromatic carbocycles. The monoisotopic (exact) mass is 296 g/mol. The van der Waals surface area contributed by atoms with Gasteiger partial charge < -0.3 is 10.5 Å². The average Bonchev–Trinajstić information content (AvgIpc) is 2.85. The second-order valence-corrected chi connectivity index (χ2v) is 5.56. The largest absolute Gasteiger partial charge is 0.462 e. The van der Waals surface area contributed by atoms with Gasteiger partial charge in [0.2, 0.25) is 0 Å². The van der Waals surface area contributed by atoms with Crippen molar-refractivity contribution < 1.29 is 9.53 Å². The molecule has 0 aliphatic carbocycles. The number of thiazole rings is 1. The van der Waals surface area contributed by atoms with Crippen LogP contribution < -0.4 is 5.73 Å². The summed E-state index contributed by atoms with van der Waals surface area (Å²) in [7, 11) is 0. The van der Waals surface area contributed by atoms with E-state index in [4.69, 9.17) is 10.5 Å². The molecule has 0 radical (unpaired) electrons. The molecule has 4 nitrogen and oxygen atoms in total. The molecule has 0 amide bonds. The van der Waals surface area contributed by atoms with Crippen LogP contribution >= 0.6 is 11.3 Å². The number of ether oxygens (including phenoxy) is 1. The van der Waals surface area contributed by atoms with Gasteiger partial charge in [0, 0.05) is 5.38 Å². The number of nitrogens with two attached hydrogens (primary N) is 1. The van der Waals surface area contributed by atoms with Gasteiger partial charge >= 0.3 is 5.97 Å². The third kappa shape index (κ3) is 5.74. The first-order valence-electron chi connectivity index (χ1n) is 7.27. The standard InChI is InChI=1S/C15H24N2O2S/c1-3-5-7-8-9-12(13-11-20-15(16)17-13)14(18)19-10-6-4-2/h9,11H,3-8,10H2,1-2H3,(H2,16,17)/b12-9-. The van der Waals surface area contributed by atoms with Gasteiger partial charge in [-0.25, -0.2) is 9.78 Å². The maximum absolute atomic E-state index is 12.1. The van der Waals surface area contributed by atoms with Crippen LogP contribution in [-0.2, 0) is 9.53 Å². The normalized spacial score (nSPS) is 11.6. The Bertz CT molecular complexity index is 441. The molecule has 0 bridgehead atoms. The first-order chi connectivity index (χ1) is 9.69. The van der Waals surface area contributed by atoms with Crippen molar-refractivity contribution in [3.63, 3.8) is 0 Å². The summed E-state index contributed by atoms with van der Waals surface area (Å²) in [5.41, 5.74) is 6.82. The summed E-state index contributed by atoms with van der Waals surface area (Å²) in [5.74, 6) is -0.291. The van der Waals surface area contributed by atoms with Crippen molar-refractivity contribution in [1.29, 1.82) is 0 Å². The number of hydrogen-bond acceptors (Lipinski definition) is 5. The molecule has 0 fully saturated rings. The van der Waals surface area contributed by atoms with E-state index in [0.717, 1.165) is 38.5 Å². The summed E-state index contributed by atoms with van der Waals surface area (Å²) in [4.78, 5) is 16.3. The van der Waals surface area contributed by atoms with E-state index in [9.17, 15) is 4.79 Å². The molecule has 5 heteroatoms. The Morgan fingerprint density at radius 3 is 2.70 bits per heavy atom. The lowest BCUT2D eigenvalue weighted by Gasteiger charge is -2.06. The Morgan fingerprint density at radius 2 is 2.10 bits per heavy atom. The molecule has 0 saturated carbocycles. The molecule has 20 heavy (non-hydrogen) atoms. The highest BCUT2D eigenvalue weighted by atomic mass is 32.1. The molecule has 0 spiro atoms. The summed E-state index contributed by atoms with van der Waals surface area (Å²) in [6, 6.07) is 0. The third-order valence-electron chi connectivity index (χ3n) is 2.90. The van der Waals surface area contributed by atoms with Gasteiger partial charge in [-0.3, -0.25) is 0 Å². The fourth-order valence-corrected chi connectivity index (χ4v) is 2.29. The minimum absolute atomic E-state index is 0.291. The van der Waals surface area contributed by atoms with Crippen molar-refractivity contribution in [3.05, 3.63) is 17.2 Å². The third-order valence-corrected chi connectivity index (χ3v) is 3.58. The van der Waals surface area contributed by atoms with E-state index >= 15 is 0 Å². The lowest BCUT2D eigenvalue weighted by Crippen LogP contribution is -2.09. The van der Waals surface area contributed by atoms with E-state index in [0.29, 0.717) is 23.0 Å². The Labute approximate surface area is 125 Å². The molecule has 0 atom stereocenters. The second-order valence-electron chi connectivity index (χ2n) is 4.67. The number of carbonyl (C=O) groups is 1. The molecule has 1 rings (SSSR count). The fourth-order valence-electron chi connectivity index (χ4n) is 1.73. The van der Waals surface area contributed by atoms with E-state index in [1.165, 1.54) is 11.3 Å². The van der Waals surface area contributed by atoms with Gasteiger partial charge in [0.15, 0.2) is 5.13 Å². The molecule has 1 heterocycles. The predicted molar refractivity (Wildman–Crippen MR) is 84.5 cm³/mol. The number of nitrogen functional groups attached to an aromatic ring is 1. The van der Waals surface area contributed by atoms with Crippen LogP contribution in [0.25, 0.3) is 5.57 Å². The van der Waals surface area contributed by atoms with Crippen LogP contribution in [-0.4, -0.2) is 17.6 Å². The van der Waals surface area contributed by atoms with Gasteiger partial charge in [0.1, 0.15) is 0 Å². The average molecular weight is 296 g/mol. The van der Waals surface area contributed by atoms with Crippen LogP contribution in [0, 0.1) is 0 Å².